The van der Waals surface area contributed by atoms with Gasteiger partial charge in [-0.3, -0.25) is 0 Å². The Kier molecular flexibility index (Phi) is 3.59. The molecule has 3 nitrogen and oxygen atoms in total. The topological polar surface area (TPSA) is 60.7 Å². The Hall–Kier alpha value is -1.62. The standard InChI is InChI=1S/C13H13BO3/c15-13(10-4-2-1-3-5-10)11-6-8-12(9-7-11)14(16)17/h1-9,13,15-17H. The molecule has 2 aromatic carbocycles. The highest BCUT2D eigenvalue weighted by Gasteiger charge is 2.13. The fourth-order valence-corrected chi connectivity index (χ4v) is 1.68. The molecule has 1 unspecified atom stereocenters. The predicted octanol–water partition coefficient (Wildman–Crippen LogP) is 0.448. The van der Waals surface area contributed by atoms with E-state index >= 15 is 0 Å². The van der Waals surface area contributed by atoms with Crippen molar-refractivity contribution in [2.75, 3.05) is 0 Å². The monoisotopic (exact) mass is 228 g/mol. The lowest BCUT2D eigenvalue weighted by Crippen LogP contribution is -2.29. The Morgan fingerprint density at radius 1 is 0.765 bits per heavy atom. The van der Waals surface area contributed by atoms with Gasteiger partial charge in [-0.25, -0.2) is 0 Å². The van der Waals surface area contributed by atoms with E-state index in [0.29, 0.717) is 5.46 Å². The van der Waals surface area contributed by atoms with Crippen LogP contribution in [0.5, 0.6) is 0 Å². The number of aliphatic hydroxyl groups is 1. The Balaban J connectivity index is 2.23. The molecular formula is C13H13BO3. The molecule has 86 valence electrons. The first-order valence-corrected chi connectivity index (χ1v) is 5.37. The fraction of sp³-hybridized carbons (Fsp3) is 0.0769. The second-order valence-corrected chi connectivity index (χ2v) is 3.85. The van der Waals surface area contributed by atoms with Crippen molar-refractivity contribution >= 4 is 12.6 Å². The van der Waals surface area contributed by atoms with Gasteiger partial charge in [0.05, 0.1) is 0 Å². The van der Waals surface area contributed by atoms with Gasteiger partial charge in [-0.15, -0.1) is 0 Å². The molecule has 2 aromatic rings. The molecule has 0 heterocycles. The van der Waals surface area contributed by atoms with Crippen LogP contribution in [0.25, 0.3) is 0 Å². The van der Waals surface area contributed by atoms with Gasteiger partial charge < -0.3 is 15.2 Å². The lowest BCUT2D eigenvalue weighted by molar-refractivity contribution is 0.220. The molecule has 0 bridgehead atoms. The van der Waals surface area contributed by atoms with Gasteiger partial charge in [0.15, 0.2) is 0 Å². The van der Waals surface area contributed by atoms with Gasteiger partial charge in [0.25, 0.3) is 0 Å². The molecule has 17 heavy (non-hydrogen) atoms. The number of benzene rings is 2. The molecule has 0 fully saturated rings. The largest absolute Gasteiger partial charge is 0.488 e. The summed E-state index contributed by atoms with van der Waals surface area (Å²) in [6.07, 6.45) is -0.693. The van der Waals surface area contributed by atoms with E-state index in [1.165, 1.54) is 0 Å². The highest BCUT2D eigenvalue weighted by Crippen LogP contribution is 2.20. The molecule has 0 aliphatic heterocycles. The second-order valence-electron chi connectivity index (χ2n) is 3.85. The molecule has 0 aromatic heterocycles. The highest BCUT2D eigenvalue weighted by atomic mass is 16.4. The van der Waals surface area contributed by atoms with Gasteiger partial charge in [0.2, 0.25) is 0 Å². The molecule has 0 aliphatic rings. The van der Waals surface area contributed by atoms with Gasteiger partial charge >= 0.3 is 7.12 Å². The van der Waals surface area contributed by atoms with E-state index in [-0.39, 0.29) is 0 Å². The van der Waals surface area contributed by atoms with Crippen LogP contribution >= 0.6 is 0 Å². The van der Waals surface area contributed by atoms with E-state index in [2.05, 4.69) is 0 Å². The van der Waals surface area contributed by atoms with Crippen molar-refractivity contribution in [3.8, 4) is 0 Å². The highest BCUT2D eigenvalue weighted by molar-refractivity contribution is 6.58. The molecule has 4 heteroatoms. The van der Waals surface area contributed by atoms with Crippen LogP contribution in [0, 0.1) is 0 Å². The van der Waals surface area contributed by atoms with E-state index < -0.39 is 13.2 Å². The second kappa shape index (κ2) is 5.14. The Morgan fingerprint density at radius 3 is 1.82 bits per heavy atom. The summed E-state index contributed by atoms with van der Waals surface area (Å²) in [6, 6.07) is 15.9. The minimum absolute atomic E-state index is 0.411. The summed E-state index contributed by atoms with van der Waals surface area (Å²) < 4.78 is 0. The summed E-state index contributed by atoms with van der Waals surface area (Å²) in [7, 11) is -1.47. The first-order chi connectivity index (χ1) is 8.18. The van der Waals surface area contributed by atoms with Crippen molar-refractivity contribution in [3.63, 3.8) is 0 Å². The zero-order chi connectivity index (χ0) is 12.3. The van der Waals surface area contributed by atoms with Crippen LogP contribution in [0.2, 0.25) is 0 Å². The molecule has 0 amide bonds. The molecule has 0 aliphatic carbocycles. The van der Waals surface area contributed by atoms with Crippen molar-refractivity contribution < 1.29 is 15.2 Å². The summed E-state index contributed by atoms with van der Waals surface area (Å²) in [5.41, 5.74) is 1.94. The average Bonchev–Trinajstić information content (AvgIpc) is 2.39. The smallest absolute Gasteiger partial charge is 0.423 e. The van der Waals surface area contributed by atoms with Crippen molar-refractivity contribution in [2.45, 2.75) is 6.10 Å². The van der Waals surface area contributed by atoms with E-state index in [9.17, 15) is 5.11 Å². The number of hydrogen-bond donors (Lipinski definition) is 3. The molecule has 0 radical (unpaired) electrons. The third kappa shape index (κ3) is 2.74. The number of hydrogen-bond acceptors (Lipinski definition) is 3. The van der Waals surface area contributed by atoms with E-state index in [1.807, 2.05) is 30.3 Å². The third-order valence-electron chi connectivity index (χ3n) is 2.67. The number of rotatable bonds is 3. The Morgan fingerprint density at radius 2 is 1.29 bits per heavy atom. The fourth-order valence-electron chi connectivity index (χ4n) is 1.68. The summed E-state index contributed by atoms with van der Waals surface area (Å²) in [5.74, 6) is 0. The predicted molar refractivity (Wildman–Crippen MR) is 66.8 cm³/mol. The minimum atomic E-state index is -1.47. The average molecular weight is 228 g/mol. The summed E-state index contributed by atoms with van der Waals surface area (Å²) in [5, 5.41) is 28.0. The molecule has 2 rings (SSSR count). The minimum Gasteiger partial charge on any atom is -0.423 e. The molecule has 1 atom stereocenters. The van der Waals surface area contributed by atoms with Crippen LogP contribution in [-0.4, -0.2) is 22.3 Å². The van der Waals surface area contributed by atoms with Gasteiger partial charge in [0, 0.05) is 0 Å². The lowest BCUT2D eigenvalue weighted by Gasteiger charge is -2.11. The third-order valence-corrected chi connectivity index (χ3v) is 2.67. The van der Waals surface area contributed by atoms with Crippen molar-refractivity contribution in [3.05, 3.63) is 65.7 Å². The zero-order valence-corrected chi connectivity index (χ0v) is 9.19. The van der Waals surface area contributed by atoms with Crippen LogP contribution in [0.15, 0.2) is 54.6 Å². The molecular weight excluding hydrogens is 215 g/mol. The quantitative estimate of drug-likeness (QED) is 0.668. The maximum absolute atomic E-state index is 10.1. The van der Waals surface area contributed by atoms with Gasteiger partial charge in [-0.05, 0) is 16.6 Å². The number of aliphatic hydroxyl groups excluding tert-OH is 1. The SMILES string of the molecule is OB(O)c1ccc(C(O)c2ccccc2)cc1. The van der Waals surface area contributed by atoms with Crippen molar-refractivity contribution in [1.82, 2.24) is 0 Å². The molecule has 0 saturated heterocycles. The van der Waals surface area contributed by atoms with Crippen LogP contribution in [0.1, 0.15) is 17.2 Å². The maximum Gasteiger partial charge on any atom is 0.488 e. The van der Waals surface area contributed by atoms with Crippen LogP contribution in [-0.2, 0) is 0 Å². The van der Waals surface area contributed by atoms with Crippen LogP contribution in [0.4, 0.5) is 0 Å². The van der Waals surface area contributed by atoms with Gasteiger partial charge in [-0.1, -0.05) is 54.6 Å². The van der Waals surface area contributed by atoms with Crippen LogP contribution < -0.4 is 5.46 Å². The summed E-state index contributed by atoms with van der Waals surface area (Å²) in [6.45, 7) is 0. The molecule has 0 spiro atoms. The summed E-state index contributed by atoms with van der Waals surface area (Å²) in [4.78, 5) is 0. The Bertz CT molecular complexity index is 468. The zero-order valence-electron chi connectivity index (χ0n) is 9.19. The van der Waals surface area contributed by atoms with E-state index in [0.717, 1.165) is 11.1 Å². The summed E-state index contributed by atoms with van der Waals surface area (Å²) >= 11 is 0. The Labute approximate surface area is 100 Å². The van der Waals surface area contributed by atoms with Crippen LogP contribution in [0.3, 0.4) is 0 Å². The van der Waals surface area contributed by atoms with E-state index in [1.54, 1.807) is 24.3 Å². The first kappa shape index (κ1) is 11.9. The molecule has 0 saturated carbocycles. The van der Waals surface area contributed by atoms with Gasteiger partial charge in [-0.2, -0.15) is 0 Å². The molecule has 3 N–H and O–H groups in total. The maximum atomic E-state index is 10.1. The first-order valence-electron chi connectivity index (χ1n) is 5.37. The van der Waals surface area contributed by atoms with Crippen molar-refractivity contribution in [2.24, 2.45) is 0 Å². The lowest BCUT2D eigenvalue weighted by atomic mass is 9.80. The normalized spacial score (nSPS) is 12.2. The van der Waals surface area contributed by atoms with Crippen molar-refractivity contribution in [1.29, 1.82) is 0 Å². The van der Waals surface area contributed by atoms with Gasteiger partial charge in [0.1, 0.15) is 6.10 Å². The van der Waals surface area contributed by atoms with E-state index in [4.69, 9.17) is 10.0 Å².